The van der Waals surface area contributed by atoms with Crippen LogP contribution in [0.2, 0.25) is 5.02 Å². The Morgan fingerprint density at radius 3 is 2.62 bits per heavy atom. The zero-order valence-corrected chi connectivity index (χ0v) is 15.5. The quantitative estimate of drug-likeness (QED) is 0.875. The Bertz CT molecular complexity index is 820. The van der Waals surface area contributed by atoms with Crippen LogP contribution >= 0.6 is 11.6 Å². The number of carbonyl (C=O) groups is 2. The van der Waals surface area contributed by atoms with Crippen molar-refractivity contribution in [2.75, 3.05) is 25.1 Å². The van der Waals surface area contributed by atoms with Gasteiger partial charge in [0.05, 0.1) is 6.10 Å². The fourth-order valence-corrected chi connectivity index (χ4v) is 3.30. The Labute approximate surface area is 157 Å². The summed E-state index contributed by atoms with van der Waals surface area (Å²) in [4.78, 5) is 25.9. The number of nitrogens with zero attached hydrogens (tertiary/aromatic N) is 1. The van der Waals surface area contributed by atoms with Crippen LogP contribution in [0.5, 0.6) is 0 Å². The zero-order chi connectivity index (χ0) is 18.7. The molecule has 0 aliphatic carbocycles. The number of carbonyl (C=O) groups excluding carboxylic acids is 2. The molecule has 1 unspecified atom stereocenters. The first kappa shape index (κ1) is 18.4. The minimum atomic E-state index is -0.251. The Balaban J connectivity index is 1.66. The molecule has 136 valence electrons. The summed E-state index contributed by atoms with van der Waals surface area (Å²) < 4.78 is 5.47. The van der Waals surface area contributed by atoms with Gasteiger partial charge in [-0.15, -0.1) is 0 Å². The molecule has 0 saturated heterocycles. The number of nitrogens with one attached hydrogen (secondary N) is 1. The maximum Gasteiger partial charge on any atom is 0.251 e. The van der Waals surface area contributed by atoms with E-state index in [1.807, 2.05) is 24.3 Å². The van der Waals surface area contributed by atoms with E-state index in [9.17, 15) is 9.59 Å². The molecule has 1 heterocycles. The first-order chi connectivity index (χ1) is 12.5. The number of fused-ring (bicyclic) bond motifs is 1. The Morgan fingerprint density at radius 1 is 1.23 bits per heavy atom. The molecule has 26 heavy (non-hydrogen) atoms. The molecule has 1 atom stereocenters. The van der Waals surface area contributed by atoms with Crippen LogP contribution in [0, 0.1) is 0 Å². The fourth-order valence-electron chi connectivity index (χ4n) is 3.17. The van der Waals surface area contributed by atoms with Gasteiger partial charge in [0.1, 0.15) is 0 Å². The highest BCUT2D eigenvalue weighted by Gasteiger charge is 2.23. The maximum absolute atomic E-state index is 12.5. The fraction of sp³-hybridized carbons (Fsp3) is 0.300. The molecule has 0 spiro atoms. The summed E-state index contributed by atoms with van der Waals surface area (Å²) in [5.74, 6) is -0.142. The van der Waals surface area contributed by atoms with Gasteiger partial charge in [-0.3, -0.25) is 9.59 Å². The van der Waals surface area contributed by atoms with Gasteiger partial charge in [-0.25, -0.2) is 0 Å². The van der Waals surface area contributed by atoms with E-state index in [0.29, 0.717) is 23.7 Å². The van der Waals surface area contributed by atoms with Crippen molar-refractivity contribution in [2.24, 2.45) is 0 Å². The summed E-state index contributed by atoms with van der Waals surface area (Å²) >= 11 is 5.91. The van der Waals surface area contributed by atoms with Gasteiger partial charge in [-0.05, 0) is 47.9 Å². The number of ether oxygens (including phenoxy) is 1. The second-order valence-electron chi connectivity index (χ2n) is 6.25. The van der Waals surface area contributed by atoms with E-state index in [2.05, 4.69) is 5.32 Å². The lowest BCUT2D eigenvalue weighted by Crippen LogP contribution is -2.29. The van der Waals surface area contributed by atoms with Crippen molar-refractivity contribution in [1.29, 1.82) is 0 Å². The summed E-state index contributed by atoms with van der Waals surface area (Å²) in [6.45, 7) is 2.57. The molecule has 0 aromatic heterocycles. The molecule has 0 bridgehead atoms. The van der Waals surface area contributed by atoms with Gasteiger partial charge >= 0.3 is 0 Å². The summed E-state index contributed by atoms with van der Waals surface area (Å²) in [7, 11) is 1.61. The second kappa shape index (κ2) is 7.89. The zero-order valence-electron chi connectivity index (χ0n) is 14.8. The van der Waals surface area contributed by atoms with Crippen LogP contribution in [-0.2, 0) is 16.0 Å². The Morgan fingerprint density at radius 2 is 1.96 bits per heavy atom. The van der Waals surface area contributed by atoms with E-state index in [1.54, 1.807) is 37.1 Å². The van der Waals surface area contributed by atoms with Gasteiger partial charge in [-0.1, -0.05) is 23.7 Å². The first-order valence-corrected chi connectivity index (χ1v) is 8.85. The molecule has 6 heteroatoms. The molecule has 2 aromatic rings. The maximum atomic E-state index is 12.5. The van der Waals surface area contributed by atoms with Crippen LogP contribution in [0.3, 0.4) is 0 Å². The normalized spacial score (nSPS) is 14.0. The van der Waals surface area contributed by atoms with E-state index < -0.39 is 0 Å². The molecule has 1 N–H and O–H groups in total. The lowest BCUT2D eigenvalue weighted by atomic mass is 10.1. The number of hydrogen-bond donors (Lipinski definition) is 1. The van der Waals surface area contributed by atoms with Crippen molar-refractivity contribution in [1.82, 2.24) is 5.32 Å². The van der Waals surface area contributed by atoms with E-state index >= 15 is 0 Å². The number of rotatable bonds is 5. The van der Waals surface area contributed by atoms with Crippen molar-refractivity contribution in [2.45, 2.75) is 19.4 Å². The molecule has 1 aliphatic rings. The molecule has 2 aromatic carbocycles. The van der Waals surface area contributed by atoms with Gasteiger partial charge in [0.2, 0.25) is 5.91 Å². The topological polar surface area (TPSA) is 58.6 Å². The van der Waals surface area contributed by atoms with Gasteiger partial charge in [0.15, 0.2) is 0 Å². The lowest BCUT2D eigenvalue weighted by molar-refractivity contribution is -0.116. The Kier molecular flexibility index (Phi) is 5.59. The molecule has 1 aliphatic heterocycles. The molecule has 0 fully saturated rings. The largest absolute Gasteiger partial charge is 0.375 e. The van der Waals surface area contributed by atoms with E-state index in [-0.39, 0.29) is 17.9 Å². The van der Waals surface area contributed by atoms with Crippen LogP contribution in [0.4, 0.5) is 5.69 Å². The van der Waals surface area contributed by atoms with Crippen LogP contribution in [0.25, 0.3) is 0 Å². The average Bonchev–Trinajstić information content (AvgIpc) is 3.06. The van der Waals surface area contributed by atoms with Gasteiger partial charge < -0.3 is 15.0 Å². The summed E-state index contributed by atoms with van der Waals surface area (Å²) in [6.07, 6.45) is 0.514. The van der Waals surface area contributed by atoms with Crippen molar-refractivity contribution in [3.8, 4) is 0 Å². The van der Waals surface area contributed by atoms with Crippen molar-refractivity contribution < 1.29 is 14.3 Å². The van der Waals surface area contributed by atoms with Gasteiger partial charge in [0.25, 0.3) is 5.91 Å². The van der Waals surface area contributed by atoms with E-state index in [4.69, 9.17) is 16.3 Å². The Hall–Kier alpha value is -2.37. The van der Waals surface area contributed by atoms with E-state index in [1.165, 1.54) is 0 Å². The number of halogens is 1. The standard InChI is InChI=1S/C20H21ClN2O3/c1-13(24)23-10-9-15-11-16(5-8-18(15)23)20(25)22-12-19(26-2)14-3-6-17(21)7-4-14/h3-8,11,19H,9-10,12H2,1-2H3,(H,22,25). The van der Waals surface area contributed by atoms with Crippen molar-refractivity contribution in [3.63, 3.8) is 0 Å². The molecule has 5 nitrogen and oxygen atoms in total. The van der Waals surface area contributed by atoms with E-state index in [0.717, 1.165) is 23.2 Å². The summed E-state index contributed by atoms with van der Waals surface area (Å²) in [6, 6.07) is 12.8. The minimum Gasteiger partial charge on any atom is -0.375 e. The molecule has 0 radical (unpaired) electrons. The van der Waals surface area contributed by atoms with Crippen LogP contribution in [-0.4, -0.2) is 32.0 Å². The third kappa shape index (κ3) is 3.89. The number of benzene rings is 2. The number of anilines is 1. The molecule has 0 saturated carbocycles. The number of amides is 2. The highest BCUT2D eigenvalue weighted by atomic mass is 35.5. The monoisotopic (exact) mass is 372 g/mol. The highest BCUT2D eigenvalue weighted by molar-refractivity contribution is 6.30. The smallest absolute Gasteiger partial charge is 0.251 e. The number of hydrogen-bond acceptors (Lipinski definition) is 3. The molecule has 3 rings (SSSR count). The lowest BCUT2D eigenvalue weighted by Gasteiger charge is -2.17. The third-order valence-electron chi connectivity index (χ3n) is 4.59. The number of methoxy groups -OCH3 is 1. The summed E-state index contributed by atoms with van der Waals surface area (Å²) in [5, 5.41) is 3.57. The third-order valence-corrected chi connectivity index (χ3v) is 4.84. The molecule has 2 amide bonds. The predicted molar refractivity (Wildman–Crippen MR) is 102 cm³/mol. The van der Waals surface area contributed by atoms with Crippen LogP contribution in [0.1, 0.15) is 34.5 Å². The minimum absolute atomic E-state index is 0.0202. The molecular formula is C20H21ClN2O3. The van der Waals surface area contributed by atoms with Gasteiger partial charge in [-0.2, -0.15) is 0 Å². The van der Waals surface area contributed by atoms with Crippen molar-refractivity contribution >= 4 is 29.1 Å². The molecular weight excluding hydrogens is 352 g/mol. The van der Waals surface area contributed by atoms with Crippen LogP contribution < -0.4 is 10.2 Å². The van der Waals surface area contributed by atoms with Crippen LogP contribution in [0.15, 0.2) is 42.5 Å². The predicted octanol–water partition coefficient (Wildman–Crippen LogP) is 3.37. The van der Waals surface area contributed by atoms with Crippen molar-refractivity contribution in [3.05, 3.63) is 64.2 Å². The SMILES string of the molecule is COC(CNC(=O)c1ccc2c(c1)CCN2C(C)=O)c1ccc(Cl)cc1. The first-order valence-electron chi connectivity index (χ1n) is 8.47. The van der Waals surface area contributed by atoms with Gasteiger partial charge in [0, 0.05) is 43.4 Å². The second-order valence-corrected chi connectivity index (χ2v) is 6.69. The highest BCUT2D eigenvalue weighted by Crippen LogP contribution is 2.29. The summed E-state index contributed by atoms with van der Waals surface area (Å²) in [5.41, 5.74) is 3.45. The average molecular weight is 373 g/mol.